The van der Waals surface area contributed by atoms with Gasteiger partial charge in [0.2, 0.25) is 0 Å². The fourth-order valence-electron chi connectivity index (χ4n) is 7.13. The standard InChI is InChI=1S/C36H41FN4O5S2/c1-5-27-18-34(48(42,43)41(35-38-14-16-47-35)23-28-9-12-30(45-3)19-33(28)46-4)31(37)20-32(27)39-24-36-13-6-15-40(36)22-26(21-36)17-25-7-10-29(44-2)11-8-25/h5,7-12,14,16,18-20,26,39H,1,6,13,15,17,21-24H2,2-4H3. The van der Waals surface area contributed by atoms with E-state index in [-0.39, 0.29) is 17.2 Å². The van der Waals surface area contributed by atoms with E-state index in [1.165, 1.54) is 38.1 Å². The van der Waals surface area contributed by atoms with Crippen molar-refractivity contribution in [3.63, 3.8) is 0 Å². The maximum absolute atomic E-state index is 16.0. The van der Waals surface area contributed by atoms with E-state index in [1.807, 2.05) is 12.1 Å². The van der Waals surface area contributed by atoms with Gasteiger partial charge in [-0.2, -0.15) is 0 Å². The third-order valence-corrected chi connectivity index (χ3v) is 12.2. The number of halogens is 1. The number of rotatable bonds is 14. The molecule has 3 aromatic carbocycles. The molecule has 2 unspecified atom stereocenters. The molecule has 12 heteroatoms. The molecule has 3 heterocycles. The van der Waals surface area contributed by atoms with Crippen molar-refractivity contribution in [1.29, 1.82) is 0 Å². The van der Waals surface area contributed by atoms with Gasteiger partial charge >= 0.3 is 0 Å². The Hall–Kier alpha value is -4.13. The number of nitrogens with one attached hydrogen (secondary N) is 1. The van der Waals surface area contributed by atoms with Gasteiger partial charge in [0.25, 0.3) is 10.0 Å². The lowest BCUT2D eigenvalue weighted by molar-refractivity contribution is 0.209. The largest absolute Gasteiger partial charge is 0.497 e. The molecule has 1 aromatic heterocycles. The van der Waals surface area contributed by atoms with Gasteiger partial charge in [0.1, 0.15) is 28.0 Å². The summed E-state index contributed by atoms with van der Waals surface area (Å²) in [5.74, 6) is 1.51. The fourth-order valence-corrected chi connectivity index (χ4v) is 9.48. The Morgan fingerprint density at radius 1 is 1.10 bits per heavy atom. The average molecular weight is 693 g/mol. The highest BCUT2D eigenvalue weighted by atomic mass is 32.2. The Labute approximate surface area is 286 Å². The van der Waals surface area contributed by atoms with Crippen molar-refractivity contribution in [2.45, 2.75) is 42.7 Å². The first-order chi connectivity index (χ1) is 23.2. The van der Waals surface area contributed by atoms with Crippen LogP contribution in [0.2, 0.25) is 0 Å². The Morgan fingerprint density at radius 3 is 2.56 bits per heavy atom. The molecule has 0 spiro atoms. The van der Waals surface area contributed by atoms with Crippen molar-refractivity contribution < 1.29 is 27.0 Å². The zero-order chi connectivity index (χ0) is 33.9. The van der Waals surface area contributed by atoms with E-state index in [2.05, 4.69) is 33.9 Å². The summed E-state index contributed by atoms with van der Waals surface area (Å²) < 4.78 is 61.7. The van der Waals surface area contributed by atoms with Crippen molar-refractivity contribution in [3.8, 4) is 17.2 Å². The Balaban J connectivity index is 1.23. The molecule has 0 aliphatic carbocycles. The number of thiazole rings is 1. The second-order valence-corrected chi connectivity index (χ2v) is 15.0. The zero-order valence-electron chi connectivity index (χ0n) is 27.4. The minimum Gasteiger partial charge on any atom is -0.497 e. The van der Waals surface area contributed by atoms with Crippen molar-refractivity contribution in [1.82, 2.24) is 9.88 Å². The molecule has 0 radical (unpaired) electrons. The number of nitrogens with zero attached hydrogens (tertiary/aromatic N) is 3. The monoisotopic (exact) mass is 692 g/mol. The normalized spacial score (nSPS) is 19.1. The van der Waals surface area contributed by atoms with Crippen LogP contribution in [0, 0.1) is 11.7 Å². The second-order valence-electron chi connectivity index (χ2n) is 12.3. The average Bonchev–Trinajstić information content (AvgIpc) is 3.84. The van der Waals surface area contributed by atoms with E-state index in [0.717, 1.165) is 60.2 Å². The molecule has 2 saturated heterocycles. The lowest BCUT2D eigenvalue weighted by Crippen LogP contribution is -2.44. The molecule has 2 atom stereocenters. The fraction of sp³-hybridized carbons (Fsp3) is 0.361. The number of hydrogen-bond donors (Lipinski definition) is 1. The molecule has 2 aliphatic rings. The number of sulfonamides is 1. The molecule has 0 bridgehead atoms. The molecule has 2 fully saturated rings. The van der Waals surface area contributed by atoms with Gasteiger partial charge in [-0.05, 0) is 85.7 Å². The van der Waals surface area contributed by atoms with Crippen LogP contribution in [0.15, 0.2) is 77.6 Å². The summed E-state index contributed by atoms with van der Waals surface area (Å²) in [5.41, 5.74) is 2.83. The molecule has 4 aromatic rings. The maximum atomic E-state index is 16.0. The van der Waals surface area contributed by atoms with E-state index < -0.39 is 20.7 Å². The van der Waals surface area contributed by atoms with Crippen LogP contribution < -0.4 is 23.8 Å². The van der Waals surface area contributed by atoms with Crippen molar-refractivity contribution in [3.05, 3.63) is 95.3 Å². The first kappa shape index (κ1) is 33.8. The lowest BCUT2D eigenvalue weighted by atomic mass is 9.87. The van der Waals surface area contributed by atoms with E-state index in [1.54, 1.807) is 36.8 Å². The molecule has 0 saturated carbocycles. The predicted molar refractivity (Wildman–Crippen MR) is 188 cm³/mol. The van der Waals surface area contributed by atoms with Crippen molar-refractivity contribution in [2.75, 3.05) is 50.6 Å². The summed E-state index contributed by atoms with van der Waals surface area (Å²) in [5, 5.41) is 5.38. The van der Waals surface area contributed by atoms with Gasteiger partial charge in [0.15, 0.2) is 5.13 Å². The van der Waals surface area contributed by atoms with Gasteiger partial charge in [-0.1, -0.05) is 24.8 Å². The minimum atomic E-state index is -4.40. The number of anilines is 2. The Morgan fingerprint density at radius 2 is 1.88 bits per heavy atom. The number of fused-ring (bicyclic) bond motifs is 1. The molecule has 1 N–H and O–H groups in total. The second kappa shape index (κ2) is 14.2. The van der Waals surface area contributed by atoms with Crippen LogP contribution in [-0.4, -0.2) is 64.8 Å². The first-order valence-corrected chi connectivity index (χ1v) is 18.2. The molecule has 254 valence electrons. The van der Waals surface area contributed by atoms with E-state index in [9.17, 15) is 8.42 Å². The van der Waals surface area contributed by atoms with Gasteiger partial charge in [-0.25, -0.2) is 22.1 Å². The molecular formula is C36H41FN4O5S2. The highest BCUT2D eigenvalue weighted by Gasteiger charge is 2.48. The number of benzene rings is 3. The smallest absolute Gasteiger partial charge is 0.269 e. The van der Waals surface area contributed by atoms with Crippen molar-refractivity contribution in [2.24, 2.45) is 5.92 Å². The summed E-state index contributed by atoms with van der Waals surface area (Å²) >= 11 is 1.15. The Kier molecular flexibility index (Phi) is 9.95. The number of methoxy groups -OCH3 is 3. The predicted octanol–water partition coefficient (Wildman–Crippen LogP) is 6.86. The topological polar surface area (TPSA) is 93.2 Å². The number of aromatic nitrogens is 1. The number of ether oxygens (including phenoxy) is 3. The summed E-state index contributed by atoms with van der Waals surface area (Å²) in [4.78, 5) is 6.38. The summed E-state index contributed by atoms with van der Waals surface area (Å²) in [7, 11) is 0.308. The Bertz CT molecular complexity index is 1850. The number of hydrogen-bond acceptors (Lipinski definition) is 9. The summed E-state index contributed by atoms with van der Waals surface area (Å²) in [6.45, 7) is 6.48. The summed E-state index contributed by atoms with van der Waals surface area (Å²) in [6.07, 6.45) is 7.26. The van der Waals surface area contributed by atoms with Crippen LogP contribution in [0.5, 0.6) is 17.2 Å². The molecular weight excluding hydrogens is 652 g/mol. The van der Waals surface area contributed by atoms with Gasteiger partial charge in [0.05, 0.1) is 27.9 Å². The van der Waals surface area contributed by atoms with Crippen LogP contribution in [0.4, 0.5) is 15.2 Å². The van der Waals surface area contributed by atoms with Crippen LogP contribution in [0.1, 0.15) is 36.0 Å². The lowest BCUT2D eigenvalue weighted by Gasteiger charge is -2.33. The first-order valence-electron chi connectivity index (χ1n) is 15.9. The molecule has 6 rings (SSSR count). The highest BCUT2D eigenvalue weighted by molar-refractivity contribution is 7.93. The summed E-state index contributed by atoms with van der Waals surface area (Å²) in [6, 6.07) is 16.0. The van der Waals surface area contributed by atoms with Gasteiger partial charge in [0, 0.05) is 47.5 Å². The van der Waals surface area contributed by atoms with Gasteiger partial charge in [-0.15, -0.1) is 11.3 Å². The van der Waals surface area contributed by atoms with Gasteiger partial charge in [-0.3, -0.25) is 4.90 Å². The van der Waals surface area contributed by atoms with E-state index in [4.69, 9.17) is 14.2 Å². The highest BCUT2D eigenvalue weighted by Crippen LogP contribution is 2.43. The van der Waals surface area contributed by atoms with Crippen LogP contribution >= 0.6 is 11.3 Å². The SMILES string of the molecule is C=Cc1cc(S(=O)(=O)N(Cc2ccc(OC)cc2OC)c2nccs2)c(F)cc1NCC12CCCN1CC(Cc1ccc(OC)cc1)C2. The van der Waals surface area contributed by atoms with Crippen LogP contribution in [0.3, 0.4) is 0 Å². The van der Waals surface area contributed by atoms with Crippen molar-refractivity contribution >= 4 is 38.3 Å². The maximum Gasteiger partial charge on any atom is 0.269 e. The van der Waals surface area contributed by atoms with Crippen LogP contribution in [-0.2, 0) is 23.0 Å². The molecule has 2 aliphatic heterocycles. The van der Waals surface area contributed by atoms with E-state index >= 15 is 4.39 Å². The van der Waals surface area contributed by atoms with Crippen LogP contribution in [0.25, 0.3) is 6.08 Å². The molecule has 0 amide bonds. The van der Waals surface area contributed by atoms with Gasteiger partial charge < -0.3 is 19.5 Å². The molecule has 9 nitrogen and oxygen atoms in total. The third-order valence-electron chi connectivity index (χ3n) is 9.51. The zero-order valence-corrected chi connectivity index (χ0v) is 29.1. The minimum absolute atomic E-state index is 0.0458. The molecule has 48 heavy (non-hydrogen) atoms. The quantitative estimate of drug-likeness (QED) is 0.153. The van der Waals surface area contributed by atoms with E-state index in [0.29, 0.717) is 40.8 Å². The third kappa shape index (κ3) is 6.74.